The van der Waals surface area contributed by atoms with Crippen LogP contribution in [-0.2, 0) is 6.54 Å². The smallest absolute Gasteiger partial charge is 0.251 e. The van der Waals surface area contributed by atoms with E-state index in [1.165, 1.54) is 24.3 Å². The van der Waals surface area contributed by atoms with E-state index < -0.39 is 0 Å². The van der Waals surface area contributed by atoms with E-state index in [1.807, 2.05) is 24.3 Å². The number of hydrogen-bond acceptors (Lipinski definition) is 4. The number of rotatable bonds is 6. The van der Waals surface area contributed by atoms with Crippen LogP contribution in [0.25, 0.3) is 33.5 Å². The quantitative estimate of drug-likeness (QED) is 0.315. The minimum atomic E-state index is -0.369. The van der Waals surface area contributed by atoms with Crippen LogP contribution in [0.2, 0.25) is 0 Å². The van der Waals surface area contributed by atoms with Gasteiger partial charge in [0.1, 0.15) is 17.4 Å². The largest absolute Gasteiger partial charge is 0.497 e. The average molecular weight is 482 g/mol. The predicted molar refractivity (Wildman–Crippen MR) is 134 cm³/mol. The topological polar surface area (TPSA) is 64.1 Å². The van der Waals surface area contributed by atoms with Crippen LogP contribution in [0, 0.1) is 11.6 Å². The number of nitrogens with zero attached hydrogens (tertiary/aromatic N) is 2. The second-order valence-electron chi connectivity index (χ2n) is 8.17. The Morgan fingerprint density at radius 3 is 1.86 bits per heavy atom. The molecule has 0 fully saturated rings. The fraction of sp³-hybridized carbons (Fsp3) is 0.0690. The number of nitrogens with one attached hydrogen (secondary N) is 1. The molecule has 0 spiro atoms. The van der Waals surface area contributed by atoms with E-state index in [0.717, 1.165) is 11.3 Å². The maximum atomic E-state index is 13.6. The molecule has 0 aliphatic heterocycles. The molecule has 5 aromatic rings. The van der Waals surface area contributed by atoms with Gasteiger partial charge in [-0.1, -0.05) is 12.1 Å². The Labute approximate surface area is 206 Å². The Bertz CT molecular complexity index is 1530. The Balaban J connectivity index is 1.49. The number of halogens is 2. The molecule has 7 heteroatoms. The maximum absolute atomic E-state index is 13.6. The van der Waals surface area contributed by atoms with E-state index in [9.17, 15) is 13.6 Å². The summed E-state index contributed by atoms with van der Waals surface area (Å²) in [6.45, 7) is 0.358. The van der Waals surface area contributed by atoms with Gasteiger partial charge in [-0.15, -0.1) is 0 Å². The van der Waals surface area contributed by atoms with Gasteiger partial charge in [-0.2, -0.15) is 0 Å². The summed E-state index contributed by atoms with van der Waals surface area (Å²) in [5.41, 5.74) is 4.82. The average Bonchev–Trinajstić information content (AvgIpc) is 2.92. The summed E-state index contributed by atoms with van der Waals surface area (Å²) in [6.07, 6.45) is 0. The highest BCUT2D eigenvalue weighted by atomic mass is 19.1. The standard InChI is InChI=1S/C29H21F2N3O2/c1-36-24-13-2-18(3-14-24)17-32-29(35)21-8-15-25-26(16-21)34-28(20-6-11-23(31)12-7-20)27(33-25)19-4-9-22(30)10-5-19/h2-16H,17H2,1H3,(H,32,35). The van der Waals surface area contributed by atoms with Gasteiger partial charge in [0.15, 0.2) is 0 Å². The second-order valence-corrected chi connectivity index (χ2v) is 8.17. The lowest BCUT2D eigenvalue weighted by atomic mass is 10.0. The molecule has 178 valence electrons. The van der Waals surface area contributed by atoms with E-state index in [-0.39, 0.29) is 17.5 Å². The van der Waals surface area contributed by atoms with Gasteiger partial charge in [0.2, 0.25) is 0 Å². The summed E-state index contributed by atoms with van der Waals surface area (Å²) in [6, 6.07) is 24.4. The van der Waals surface area contributed by atoms with Crippen LogP contribution >= 0.6 is 0 Å². The van der Waals surface area contributed by atoms with Crippen molar-refractivity contribution in [3.63, 3.8) is 0 Å². The van der Waals surface area contributed by atoms with Crippen LogP contribution in [0.4, 0.5) is 8.78 Å². The summed E-state index contributed by atoms with van der Waals surface area (Å²) in [5.74, 6) is -0.233. The third-order valence-corrected chi connectivity index (χ3v) is 5.77. The molecule has 1 aromatic heterocycles. The Hall–Kier alpha value is -4.65. The van der Waals surface area contributed by atoms with E-state index in [4.69, 9.17) is 14.7 Å². The zero-order valence-corrected chi connectivity index (χ0v) is 19.3. The number of fused-ring (bicyclic) bond motifs is 1. The first-order chi connectivity index (χ1) is 17.5. The molecule has 36 heavy (non-hydrogen) atoms. The van der Waals surface area contributed by atoms with Crippen molar-refractivity contribution < 1.29 is 18.3 Å². The van der Waals surface area contributed by atoms with Crippen molar-refractivity contribution in [1.29, 1.82) is 0 Å². The van der Waals surface area contributed by atoms with Gasteiger partial charge < -0.3 is 10.1 Å². The molecule has 0 atom stereocenters. The molecule has 4 aromatic carbocycles. The normalized spacial score (nSPS) is 10.9. The van der Waals surface area contributed by atoms with Gasteiger partial charge in [-0.3, -0.25) is 4.79 Å². The number of aromatic nitrogens is 2. The van der Waals surface area contributed by atoms with Crippen LogP contribution in [0.5, 0.6) is 5.75 Å². The van der Waals surface area contributed by atoms with Crippen LogP contribution in [-0.4, -0.2) is 23.0 Å². The fourth-order valence-electron chi connectivity index (χ4n) is 3.84. The molecule has 1 amide bonds. The Morgan fingerprint density at radius 1 is 0.750 bits per heavy atom. The number of carbonyl (C=O) groups is 1. The molecule has 1 N–H and O–H groups in total. The second kappa shape index (κ2) is 9.92. The lowest BCUT2D eigenvalue weighted by molar-refractivity contribution is 0.0951. The summed E-state index contributed by atoms with van der Waals surface area (Å²) >= 11 is 0. The number of ether oxygens (including phenoxy) is 1. The lowest BCUT2D eigenvalue weighted by Crippen LogP contribution is -2.22. The van der Waals surface area contributed by atoms with Crippen molar-refractivity contribution in [3.05, 3.63) is 114 Å². The van der Waals surface area contributed by atoms with E-state index >= 15 is 0 Å². The summed E-state index contributed by atoms with van der Waals surface area (Å²) in [5, 5.41) is 2.91. The minimum absolute atomic E-state index is 0.250. The van der Waals surface area contributed by atoms with Crippen molar-refractivity contribution in [2.24, 2.45) is 0 Å². The van der Waals surface area contributed by atoms with Crippen molar-refractivity contribution in [2.45, 2.75) is 6.54 Å². The zero-order chi connectivity index (χ0) is 25.1. The van der Waals surface area contributed by atoms with Gasteiger partial charge in [0, 0.05) is 23.2 Å². The molecule has 1 heterocycles. The van der Waals surface area contributed by atoms with Gasteiger partial charge in [-0.05, 0) is 84.4 Å². The molecule has 0 saturated carbocycles. The Morgan fingerprint density at radius 2 is 1.31 bits per heavy atom. The van der Waals surface area contributed by atoms with Crippen molar-refractivity contribution in [1.82, 2.24) is 15.3 Å². The van der Waals surface area contributed by atoms with E-state index in [1.54, 1.807) is 49.6 Å². The van der Waals surface area contributed by atoms with Crippen molar-refractivity contribution >= 4 is 16.9 Å². The van der Waals surface area contributed by atoms with Crippen LogP contribution in [0.1, 0.15) is 15.9 Å². The summed E-state index contributed by atoms with van der Waals surface area (Å²) < 4.78 is 32.3. The molecule has 0 unspecified atom stereocenters. The molecule has 5 rings (SSSR count). The van der Waals surface area contributed by atoms with Crippen LogP contribution < -0.4 is 10.1 Å². The SMILES string of the molecule is COc1ccc(CNC(=O)c2ccc3nc(-c4ccc(F)cc4)c(-c4ccc(F)cc4)nc3c2)cc1. The lowest BCUT2D eigenvalue weighted by Gasteiger charge is -2.12. The summed E-state index contributed by atoms with van der Waals surface area (Å²) in [4.78, 5) is 22.4. The van der Waals surface area contributed by atoms with Gasteiger partial charge in [0.25, 0.3) is 5.91 Å². The molecule has 0 aliphatic rings. The summed E-state index contributed by atoms with van der Waals surface area (Å²) in [7, 11) is 1.60. The first kappa shape index (κ1) is 23.1. The molecule has 0 bridgehead atoms. The van der Waals surface area contributed by atoms with Crippen LogP contribution in [0.3, 0.4) is 0 Å². The van der Waals surface area contributed by atoms with E-state index in [2.05, 4.69) is 5.32 Å². The maximum Gasteiger partial charge on any atom is 0.251 e. The highest BCUT2D eigenvalue weighted by Gasteiger charge is 2.15. The van der Waals surface area contributed by atoms with E-state index in [0.29, 0.717) is 45.7 Å². The third kappa shape index (κ3) is 4.90. The molecular formula is C29H21F2N3O2. The fourth-order valence-corrected chi connectivity index (χ4v) is 3.84. The van der Waals surface area contributed by atoms with Gasteiger partial charge in [0.05, 0.1) is 29.5 Å². The first-order valence-corrected chi connectivity index (χ1v) is 11.2. The molecule has 0 radical (unpaired) electrons. The monoisotopic (exact) mass is 481 g/mol. The number of amides is 1. The highest BCUT2D eigenvalue weighted by Crippen LogP contribution is 2.31. The highest BCUT2D eigenvalue weighted by molar-refractivity contribution is 5.98. The molecule has 5 nitrogen and oxygen atoms in total. The number of hydrogen-bond donors (Lipinski definition) is 1. The van der Waals surface area contributed by atoms with Gasteiger partial charge in [-0.25, -0.2) is 18.7 Å². The first-order valence-electron chi connectivity index (χ1n) is 11.2. The number of methoxy groups -OCH3 is 1. The third-order valence-electron chi connectivity index (χ3n) is 5.77. The Kier molecular flexibility index (Phi) is 6.36. The number of benzene rings is 4. The van der Waals surface area contributed by atoms with Crippen molar-refractivity contribution in [2.75, 3.05) is 7.11 Å². The molecular weight excluding hydrogens is 460 g/mol. The molecule has 0 aliphatic carbocycles. The van der Waals surface area contributed by atoms with Crippen LogP contribution in [0.15, 0.2) is 91.0 Å². The minimum Gasteiger partial charge on any atom is -0.497 e. The van der Waals surface area contributed by atoms with Crippen molar-refractivity contribution in [3.8, 4) is 28.3 Å². The zero-order valence-electron chi connectivity index (χ0n) is 19.3. The predicted octanol–water partition coefficient (Wildman–Crippen LogP) is 6.18. The van der Waals surface area contributed by atoms with Gasteiger partial charge >= 0.3 is 0 Å². The number of carbonyl (C=O) groups excluding carboxylic acids is 1. The molecule has 0 saturated heterocycles.